The lowest BCUT2D eigenvalue weighted by molar-refractivity contribution is 0.0650. The quantitative estimate of drug-likeness (QED) is 0.808. The average Bonchev–Trinajstić information content (AvgIpc) is 3.14. The second-order valence-corrected chi connectivity index (χ2v) is 9.63. The van der Waals surface area contributed by atoms with Crippen LogP contribution < -0.4 is 0 Å². The highest BCUT2D eigenvalue weighted by molar-refractivity contribution is 7.89. The number of morpholine rings is 1. The Kier molecular flexibility index (Phi) is 5.90. The van der Waals surface area contributed by atoms with Gasteiger partial charge in [-0.1, -0.05) is 13.8 Å². The molecule has 1 amide bonds. The van der Waals surface area contributed by atoms with Crippen LogP contribution in [0.2, 0.25) is 0 Å². The van der Waals surface area contributed by atoms with E-state index >= 15 is 0 Å². The van der Waals surface area contributed by atoms with Crippen LogP contribution in [-0.2, 0) is 14.8 Å². The highest BCUT2D eigenvalue weighted by atomic mass is 32.2. The maximum atomic E-state index is 12.8. The van der Waals surface area contributed by atoms with E-state index in [-0.39, 0.29) is 28.7 Å². The first-order chi connectivity index (χ1) is 12.8. The number of aliphatic hydroxyl groups is 1. The van der Waals surface area contributed by atoms with E-state index in [1.807, 2.05) is 0 Å². The van der Waals surface area contributed by atoms with Crippen LogP contribution in [-0.4, -0.2) is 74.6 Å². The predicted molar refractivity (Wildman–Crippen MR) is 101 cm³/mol. The Balaban J connectivity index is 1.73. The molecule has 1 unspecified atom stereocenters. The van der Waals surface area contributed by atoms with Gasteiger partial charge in [-0.25, -0.2) is 8.42 Å². The first-order valence-electron chi connectivity index (χ1n) is 9.38. The Morgan fingerprint density at radius 1 is 1.19 bits per heavy atom. The molecule has 2 saturated heterocycles. The summed E-state index contributed by atoms with van der Waals surface area (Å²) < 4.78 is 32.0. The summed E-state index contributed by atoms with van der Waals surface area (Å²) in [5.41, 5.74) is 0.211. The van der Waals surface area contributed by atoms with Crippen LogP contribution in [0, 0.1) is 11.3 Å². The van der Waals surface area contributed by atoms with Gasteiger partial charge in [0.15, 0.2) is 0 Å². The number of rotatable bonds is 5. The van der Waals surface area contributed by atoms with Crippen molar-refractivity contribution in [1.29, 1.82) is 0 Å². The van der Waals surface area contributed by atoms with Gasteiger partial charge in [0, 0.05) is 37.2 Å². The lowest BCUT2D eigenvalue weighted by Crippen LogP contribution is -2.40. The van der Waals surface area contributed by atoms with Crippen LogP contribution in [0.5, 0.6) is 0 Å². The molecule has 1 aromatic rings. The van der Waals surface area contributed by atoms with Crippen molar-refractivity contribution in [3.63, 3.8) is 0 Å². The summed E-state index contributed by atoms with van der Waals surface area (Å²) in [6.07, 6.45) is 0.774. The standard InChI is InChI=1S/C19H28N2O5S/c1-15(2)19(14-22)7-8-20(13-19)18(23)16-3-5-17(6-4-16)27(24,25)21-9-11-26-12-10-21/h3-6,15,22H,7-14H2,1-2H3. The van der Waals surface area contributed by atoms with E-state index < -0.39 is 10.0 Å². The van der Waals surface area contributed by atoms with Crippen molar-refractivity contribution < 1.29 is 23.1 Å². The number of amides is 1. The fourth-order valence-electron chi connectivity index (χ4n) is 3.74. The van der Waals surface area contributed by atoms with Crippen molar-refractivity contribution in [3.05, 3.63) is 29.8 Å². The summed E-state index contributed by atoms with van der Waals surface area (Å²) in [6, 6.07) is 6.14. The number of benzene rings is 1. The number of hydrogen-bond acceptors (Lipinski definition) is 5. The van der Waals surface area contributed by atoms with Crippen molar-refractivity contribution >= 4 is 15.9 Å². The van der Waals surface area contributed by atoms with Gasteiger partial charge in [-0.05, 0) is 36.6 Å². The molecule has 1 N–H and O–H groups in total. The number of carbonyl (C=O) groups excluding carboxylic acids is 1. The van der Waals surface area contributed by atoms with Crippen LogP contribution in [0.4, 0.5) is 0 Å². The Bertz CT molecular complexity index is 772. The molecule has 2 heterocycles. The van der Waals surface area contributed by atoms with Crippen LogP contribution in [0.3, 0.4) is 0 Å². The number of nitrogens with zero attached hydrogens (tertiary/aromatic N) is 2. The Labute approximate surface area is 161 Å². The number of carbonyl (C=O) groups is 1. The van der Waals surface area contributed by atoms with Gasteiger partial charge in [0.2, 0.25) is 10.0 Å². The number of likely N-dealkylation sites (tertiary alicyclic amines) is 1. The molecule has 1 aromatic carbocycles. The molecule has 0 saturated carbocycles. The molecule has 150 valence electrons. The second-order valence-electron chi connectivity index (χ2n) is 7.69. The van der Waals surface area contributed by atoms with Gasteiger partial charge in [0.25, 0.3) is 5.91 Å². The van der Waals surface area contributed by atoms with Crippen molar-refractivity contribution in [2.24, 2.45) is 11.3 Å². The smallest absolute Gasteiger partial charge is 0.253 e. The molecule has 2 aliphatic rings. The number of aliphatic hydroxyl groups excluding tert-OH is 1. The summed E-state index contributed by atoms with van der Waals surface area (Å²) in [6.45, 7) is 6.79. The minimum atomic E-state index is -3.56. The average molecular weight is 397 g/mol. The van der Waals surface area contributed by atoms with E-state index in [1.165, 1.54) is 16.4 Å². The van der Waals surface area contributed by atoms with Crippen LogP contribution in [0.15, 0.2) is 29.2 Å². The molecule has 0 spiro atoms. The number of sulfonamides is 1. The van der Waals surface area contributed by atoms with Crippen molar-refractivity contribution in [1.82, 2.24) is 9.21 Å². The van der Waals surface area contributed by atoms with E-state index in [9.17, 15) is 18.3 Å². The highest BCUT2D eigenvalue weighted by Crippen LogP contribution is 2.37. The van der Waals surface area contributed by atoms with Gasteiger partial charge in [-0.3, -0.25) is 4.79 Å². The van der Waals surface area contributed by atoms with Gasteiger partial charge in [-0.15, -0.1) is 0 Å². The fraction of sp³-hybridized carbons (Fsp3) is 0.632. The molecule has 0 radical (unpaired) electrons. The number of ether oxygens (including phenoxy) is 1. The summed E-state index contributed by atoms with van der Waals surface area (Å²) in [4.78, 5) is 14.7. The zero-order chi connectivity index (χ0) is 19.7. The summed E-state index contributed by atoms with van der Waals surface area (Å²) >= 11 is 0. The molecular formula is C19H28N2O5S. The lowest BCUT2D eigenvalue weighted by atomic mass is 9.77. The van der Waals surface area contributed by atoms with E-state index in [1.54, 1.807) is 17.0 Å². The van der Waals surface area contributed by atoms with Crippen molar-refractivity contribution in [2.75, 3.05) is 46.0 Å². The van der Waals surface area contributed by atoms with Crippen molar-refractivity contribution in [2.45, 2.75) is 25.2 Å². The zero-order valence-electron chi connectivity index (χ0n) is 15.9. The molecule has 2 fully saturated rings. The Morgan fingerprint density at radius 2 is 1.81 bits per heavy atom. The first-order valence-corrected chi connectivity index (χ1v) is 10.8. The molecule has 27 heavy (non-hydrogen) atoms. The summed E-state index contributed by atoms with van der Waals surface area (Å²) in [5, 5.41) is 9.79. The lowest BCUT2D eigenvalue weighted by Gasteiger charge is -2.31. The largest absolute Gasteiger partial charge is 0.396 e. The maximum absolute atomic E-state index is 12.8. The van der Waals surface area contributed by atoms with E-state index in [0.717, 1.165) is 6.42 Å². The summed E-state index contributed by atoms with van der Waals surface area (Å²) in [7, 11) is -3.56. The molecule has 0 aliphatic carbocycles. The molecule has 8 heteroatoms. The van der Waals surface area contributed by atoms with Gasteiger partial charge in [-0.2, -0.15) is 4.31 Å². The Morgan fingerprint density at radius 3 is 2.33 bits per heavy atom. The summed E-state index contributed by atoms with van der Waals surface area (Å²) in [5.74, 6) is 0.155. The third-order valence-corrected chi connectivity index (χ3v) is 7.83. The highest BCUT2D eigenvalue weighted by Gasteiger charge is 2.42. The zero-order valence-corrected chi connectivity index (χ0v) is 16.7. The van der Waals surface area contributed by atoms with E-state index in [2.05, 4.69) is 13.8 Å². The number of hydrogen-bond donors (Lipinski definition) is 1. The SMILES string of the molecule is CC(C)C1(CO)CCN(C(=O)c2ccc(S(=O)(=O)N3CCOCC3)cc2)C1. The monoisotopic (exact) mass is 396 g/mol. The van der Waals surface area contributed by atoms with Gasteiger partial charge in [0.1, 0.15) is 0 Å². The minimum absolute atomic E-state index is 0.0607. The van der Waals surface area contributed by atoms with E-state index in [4.69, 9.17) is 4.74 Å². The molecule has 0 bridgehead atoms. The normalized spacial score (nSPS) is 24.5. The first kappa shape index (κ1) is 20.3. The molecule has 1 atom stereocenters. The van der Waals surface area contributed by atoms with Crippen LogP contribution >= 0.6 is 0 Å². The molecule has 3 rings (SSSR count). The molecule has 0 aromatic heterocycles. The molecule has 2 aliphatic heterocycles. The third-order valence-electron chi connectivity index (χ3n) is 5.92. The van der Waals surface area contributed by atoms with Crippen LogP contribution in [0.1, 0.15) is 30.6 Å². The van der Waals surface area contributed by atoms with Gasteiger partial charge in [0.05, 0.1) is 24.7 Å². The second kappa shape index (κ2) is 7.87. The van der Waals surface area contributed by atoms with Crippen molar-refractivity contribution in [3.8, 4) is 0 Å². The Hall–Kier alpha value is -1.48. The minimum Gasteiger partial charge on any atom is -0.396 e. The van der Waals surface area contributed by atoms with Gasteiger partial charge >= 0.3 is 0 Å². The fourth-order valence-corrected chi connectivity index (χ4v) is 5.15. The predicted octanol–water partition coefficient (Wildman–Crippen LogP) is 1.19. The molecular weight excluding hydrogens is 368 g/mol. The van der Waals surface area contributed by atoms with Crippen LogP contribution in [0.25, 0.3) is 0 Å². The topological polar surface area (TPSA) is 87.2 Å². The molecule has 7 nitrogen and oxygen atoms in total. The van der Waals surface area contributed by atoms with E-state index in [0.29, 0.717) is 45.0 Å². The van der Waals surface area contributed by atoms with Gasteiger partial charge < -0.3 is 14.7 Å². The maximum Gasteiger partial charge on any atom is 0.253 e. The third kappa shape index (κ3) is 3.89.